The van der Waals surface area contributed by atoms with E-state index < -0.39 is 0 Å². The number of methoxy groups -OCH3 is 1. The highest BCUT2D eigenvalue weighted by molar-refractivity contribution is 9.10. The molecule has 0 fully saturated rings. The Labute approximate surface area is 166 Å². The van der Waals surface area contributed by atoms with Crippen LogP contribution in [-0.4, -0.2) is 12.9 Å². The van der Waals surface area contributed by atoms with E-state index in [4.69, 9.17) is 4.74 Å². The Morgan fingerprint density at radius 3 is 2.23 bits per heavy atom. The molecule has 4 heteroatoms. The zero-order chi connectivity index (χ0) is 18.4. The predicted molar refractivity (Wildman–Crippen MR) is 111 cm³/mol. The van der Waals surface area contributed by atoms with Gasteiger partial charge in [0.15, 0.2) is 5.78 Å². The van der Waals surface area contributed by atoms with Crippen molar-refractivity contribution in [3.63, 3.8) is 0 Å². The summed E-state index contributed by atoms with van der Waals surface area (Å²) in [7, 11) is 1.66. The Kier molecular flexibility index (Phi) is 6.53. The zero-order valence-corrected chi connectivity index (χ0v) is 16.8. The van der Waals surface area contributed by atoms with E-state index >= 15 is 0 Å². The molecule has 3 aromatic rings. The van der Waals surface area contributed by atoms with Crippen LogP contribution in [-0.2, 0) is 0 Å². The predicted octanol–water partition coefficient (Wildman–Crippen LogP) is 6.56. The average molecular weight is 427 g/mol. The van der Waals surface area contributed by atoms with Crippen LogP contribution in [0.4, 0.5) is 0 Å². The number of ketones is 1. The summed E-state index contributed by atoms with van der Waals surface area (Å²) in [5.41, 5.74) is 1.85. The van der Waals surface area contributed by atoms with Crippen molar-refractivity contribution < 1.29 is 9.53 Å². The quantitative estimate of drug-likeness (QED) is 0.315. The van der Waals surface area contributed by atoms with Gasteiger partial charge < -0.3 is 4.74 Å². The molecule has 0 aliphatic rings. The Morgan fingerprint density at radius 1 is 0.962 bits per heavy atom. The van der Waals surface area contributed by atoms with Gasteiger partial charge in [0.05, 0.1) is 7.11 Å². The molecule has 0 aliphatic heterocycles. The van der Waals surface area contributed by atoms with Gasteiger partial charge in [-0.3, -0.25) is 4.79 Å². The fourth-order valence-electron chi connectivity index (χ4n) is 2.63. The van der Waals surface area contributed by atoms with Gasteiger partial charge in [0, 0.05) is 26.6 Å². The lowest BCUT2D eigenvalue weighted by atomic mass is 10.0. The number of carbonyl (C=O) groups is 1. The second kappa shape index (κ2) is 9.06. The molecule has 0 bridgehead atoms. The number of Topliss-reactive ketones (excluding diaryl/α,β-unsaturated/α-hetero) is 1. The number of hydrogen-bond donors (Lipinski definition) is 0. The van der Waals surface area contributed by atoms with Gasteiger partial charge >= 0.3 is 0 Å². The van der Waals surface area contributed by atoms with Gasteiger partial charge in [-0.2, -0.15) is 0 Å². The van der Waals surface area contributed by atoms with E-state index in [2.05, 4.69) is 28.1 Å². The first kappa shape index (κ1) is 18.7. The molecule has 0 spiro atoms. The van der Waals surface area contributed by atoms with E-state index in [0.29, 0.717) is 6.42 Å². The standard InChI is InChI=1S/C22H19BrO2S/c1-25-19-13-9-17(10-14-19)22(26-20-5-3-2-4-6-20)15-21(24)16-7-11-18(23)12-8-16/h2-14,22H,15H2,1H3. The number of halogens is 1. The molecule has 0 radical (unpaired) electrons. The van der Waals surface area contributed by atoms with Gasteiger partial charge in [-0.25, -0.2) is 0 Å². The normalized spacial score (nSPS) is 11.8. The SMILES string of the molecule is COc1ccc(C(CC(=O)c2ccc(Br)cc2)Sc2ccccc2)cc1. The Bertz CT molecular complexity index is 846. The van der Waals surface area contributed by atoms with Gasteiger partial charge in [0.1, 0.15) is 5.75 Å². The molecule has 0 aromatic heterocycles. The second-order valence-electron chi connectivity index (χ2n) is 5.83. The Hall–Kier alpha value is -2.04. The van der Waals surface area contributed by atoms with Crippen molar-refractivity contribution in [3.05, 3.63) is 94.5 Å². The minimum Gasteiger partial charge on any atom is -0.497 e. The van der Waals surface area contributed by atoms with Crippen LogP contribution in [0.25, 0.3) is 0 Å². The molecule has 0 heterocycles. The number of rotatable bonds is 7. The molecular formula is C22H19BrO2S. The minimum absolute atomic E-state index is 0.0412. The fraction of sp³-hybridized carbons (Fsp3) is 0.136. The van der Waals surface area contributed by atoms with Crippen molar-refractivity contribution in [2.45, 2.75) is 16.6 Å². The maximum Gasteiger partial charge on any atom is 0.164 e. The molecule has 26 heavy (non-hydrogen) atoms. The Morgan fingerprint density at radius 2 is 1.62 bits per heavy atom. The van der Waals surface area contributed by atoms with Gasteiger partial charge in [0.2, 0.25) is 0 Å². The van der Waals surface area contributed by atoms with E-state index in [-0.39, 0.29) is 11.0 Å². The van der Waals surface area contributed by atoms with Crippen LogP contribution in [0.15, 0.2) is 88.2 Å². The number of benzene rings is 3. The number of carbonyl (C=O) groups excluding carboxylic acids is 1. The van der Waals surface area contributed by atoms with Crippen LogP contribution in [0.1, 0.15) is 27.6 Å². The summed E-state index contributed by atoms with van der Waals surface area (Å²) in [6.45, 7) is 0. The molecule has 0 saturated heterocycles. The van der Waals surface area contributed by atoms with Crippen LogP contribution in [0, 0.1) is 0 Å². The van der Waals surface area contributed by atoms with Crippen molar-refractivity contribution >= 4 is 33.5 Å². The Balaban J connectivity index is 1.83. The molecule has 3 rings (SSSR count). The highest BCUT2D eigenvalue weighted by atomic mass is 79.9. The molecule has 0 saturated carbocycles. The largest absolute Gasteiger partial charge is 0.497 e. The maximum atomic E-state index is 12.8. The van der Waals surface area contributed by atoms with Crippen molar-refractivity contribution in [3.8, 4) is 5.75 Å². The summed E-state index contributed by atoms with van der Waals surface area (Å²) in [5, 5.41) is 0.0412. The summed E-state index contributed by atoms with van der Waals surface area (Å²) in [6, 6.07) is 25.7. The number of ether oxygens (including phenoxy) is 1. The average Bonchev–Trinajstić information content (AvgIpc) is 2.69. The number of hydrogen-bond acceptors (Lipinski definition) is 3. The molecule has 0 N–H and O–H groups in total. The smallest absolute Gasteiger partial charge is 0.164 e. The summed E-state index contributed by atoms with van der Waals surface area (Å²) >= 11 is 5.12. The van der Waals surface area contributed by atoms with Gasteiger partial charge in [0.25, 0.3) is 0 Å². The highest BCUT2D eigenvalue weighted by Gasteiger charge is 2.19. The molecule has 3 aromatic carbocycles. The molecular weight excluding hydrogens is 408 g/mol. The van der Waals surface area contributed by atoms with Crippen LogP contribution >= 0.6 is 27.7 Å². The maximum absolute atomic E-state index is 12.8. The van der Waals surface area contributed by atoms with Crippen LogP contribution in [0.2, 0.25) is 0 Å². The summed E-state index contributed by atoms with van der Waals surface area (Å²) in [6.07, 6.45) is 0.438. The van der Waals surface area contributed by atoms with Crippen molar-refractivity contribution in [2.75, 3.05) is 7.11 Å². The topological polar surface area (TPSA) is 26.3 Å². The van der Waals surface area contributed by atoms with Crippen LogP contribution < -0.4 is 4.74 Å². The van der Waals surface area contributed by atoms with Gasteiger partial charge in [-0.15, -0.1) is 11.8 Å². The third-order valence-electron chi connectivity index (χ3n) is 4.05. The van der Waals surface area contributed by atoms with Crippen LogP contribution in [0.5, 0.6) is 5.75 Å². The van der Waals surface area contributed by atoms with Crippen molar-refractivity contribution in [1.29, 1.82) is 0 Å². The first-order chi connectivity index (χ1) is 12.7. The van der Waals surface area contributed by atoms with Crippen molar-refractivity contribution in [2.24, 2.45) is 0 Å². The minimum atomic E-state index is 0.0412. The second-order valence-corrected chi connectivity index (χ2v) is 8.02. The molecule has 132 valence electrons. The van der Waals surface area contributed by atoms with E-state index in [1.165, 1.54) is 0 Å². The van der Waals surface area contributed by atoms with Crippen molar-refractivity contribution in [1.82, 2.24) is 0 Å². The van der Waals surface area contributed by atoms with E-state index in [0.717, 1.165) is 26.2 Å². The molecule has 0 amide bonds. The molecule has 1 atom stereocenters. The third kappa shape index (κ3) is 4.99. The first-order valence-electron chi connectivity index (χ1n) is 8.30. The lowest BCUT2D eigenvalue weighted by molar-refractivity contribution is 0.0982. The van der Waals surface area contributed by atoms with E-state index in [1.807, 2.05) is 66.7 Å². The number of thioether (sulfide) groups is 1. The highest BCUT2D eigenvalue weighted by Crippen LogP contribution is 2.39. The van der Waals surface area contributed by atoms with Gasteiger partial charge in [-0.05, 0) is 42.0 Å². The molecule has 2 nitrogen and oxygen atoms in total. The lowest BCUT2D eigenvalue weighted by Gasteiger charge is -2.17. The van der Waals surface area contributed by atoms with E-state index in [9.17, 15) is 4.79 Å². The first-order valence-corrected chi connectivity index (χ1v) is 9.97. The third-order valence-corrected chi connectivity index (χ3v) is 5.84. The summed E-state index contributed by atoms with van der Waals surface area (Å²) in [4.78, 5) is 13.9. The van der Waals surface area contributed by atoms with Gasteiger partial charge in [-0.1, -0.05) is 58.4 Å². The zero-order valence-electron chi connectivity index (χ0n) is 14.4. The lowest BCUT2D eigenvalue weighted by Crippen LogP contribution is -2.05. The fourth-order valence-corrected chi connectivity index (χ4v) is 4.07. The summed E-state index contributed by atoms with van der Waals surface area (Å²) in [5.74, 6) is 0.957. The molecule has 0 aliphatic carbocycles. The summed E-state index contributed by atoms with van der Waals surface area (Å²) < 4.78 is 6.22. The van der Waals surface area contributed by atoms with Crippen LogP contribution in [0.3, 0.4) is 0 Å². The monoisotopic (exact) mass is 426 g/mol. The van der Waals surface area contributed by atoms with E-state index in [1.54, 1.807) is 18.9 Å². The molecule has 1 unspecified atom stereocenters.